The Bertz CT molecular complexity index is 118. The third-order valence-electron chi connectivity index (χ3n) is 0.297. The minimum atomic E-state index is -5.23. The average Bonchev–Trinajstić information content (AvgIpc) is 1.59. The zero-order chi connectivity index (χ0) is 6.62. The average molecular weight is 127 g/mol. The van der Waals surface area contributed by atoms with Crippen LogP contribution in [0.1, 0.15) is 0 Å². The Balaban J connectivity index is 3.69. The second-order valence-corrected chi connectivity index (χ2v) is 0.961. The predicted octanol–water partition coefficient (Wildman–Crippen LogP) is 1.63. The Morgan fingerprint density at radius 2 is 1.88 bits per heavy atom. The third kappa shape index (κ3) is 5.27. The summed E-state index contributed by atoms with van der Waals surface area (Å²) in [5, 5.41) is 0. The summed E-state index contributed by atoms with van der Waals surface area (Å²) >= 11 is 0. The third-order valence-corrected chi connectivity index (χ3v) is 0.297. The summed E-state index contributed by atoms with van der Waals surface area (Å²) in [6.07, 6.45) is 0. The highest BCUT2D eigenvalue weighted by molar-refractivity contribution is 6.62. The molecule has 0 saturated carbocycles. The van der Waals surface area contributed by atoms with Crippen molar-refractivity contribution in [2.45, 2.75) is 0 Å². The first-order valence-electron chi connectivity index (χ1n) is 1.76. The van der Waals surface area contributed by atoms with Gasteiger partial charge in [0.2, 0.25) is 12.7 Å². The molecular weight excluding hydrogens is 125 g/mol. The number of rotatable bonds is 0. The SMILES string of the molecule is FCC#[N+][B-](F)(F)F. The van der Waals surface area contributed by atoms with E-state index in [-0.39, 0.29) is 0 Å². The summed E-state index contributed by atoms with van der Waals surface area (Å²) in [6.45, 7) is -1.29. The lowest BCUT2D eigenvalue weighted by Crippen LogP contribution is -2.06. The molecule has 0 amide bonds. The molecule has 0 spiro atoms. The lowest BCUT2D eigenvalue weighted by atomic mass is 10.2. The van der Waals surface area contributed by atoms with Crippen LogP contribution in [0, 0.1) is 6.07 Å². The van der Waals surface area contributed by atoms with Gasteiger partial charge >= 0.3 is 7.11 Å². The molecule has 0 heterocycles. The Kier molecular flexibility index (Phi) is 2.32. The van der Waals surface area contributed by atoms with Gasteiger partial charge in [-0.1, -0.05) is 0 Å². The highest BCUT2D eigenvalue weighted by atomic mass is 19.4. The van der Waals surface area contributed by atoms with E-state index in [1.54, 1.807) is 0 Å². The summed E-state index contributed by atoms with van der Waals surface area (Å²) < 4.78 is 45.4. The number of halogens is 4. The molecule has 0 radical (unpaired) electrons. The second kappa shape index (κ2) is 2.55. The fraction of sp³-hybridized carbons (Fsp3) is 0.500. The van der Waals surface area contributed by atoms with E-state index in [2.05, 4.69) is 0 Å². The molecule has 0 aliphatic rings. The number of hydrogen-bond acceptors (Lipinski definition) is 0. The Morgan fingerprint density at radius 1 is 1.38 bits per heavy atom. The number of nitrogens with zero attached hydrogens (tertiary/aromatic N) is 1. The first kappa shape index (κ1) is 7.27. The zero-order valence-corrected chi connectivity index (χ0v) is 3.74. The van der Waals surface area contributed by atoms with Crippen molar-refractivity contribution in [3.63, 3.8) is 0 Å². The van der Waals surface area contributed by atoms with E-state index < -0.39 is 13.8 Å². The summed E-state index contributed by atoms with van der Waals surface area (Å²) in [4.78, 5) is 0. The maximum Gasteiger partial charge on any atom is 0.930 e. The normalized spacial score (nSPS) is 10.0. The van der Waals surface area contributed by atoms with E-state index in [4.69, 9.17) is 0 Å². The Hall–Kier alpha value is -0.725. The largest absolute Gasteiger partial charge is 0.930 e. The Morgan fingerprint density at radius 3 is 2.00 bits per heavy atom. The topological polar surface area (TPSA) is 4.36 Å². The van der Waals surface area contributed by atoms with E-state index in [0.717, 1.165) is 6.07 Å². The number of hydrogen-bond donors (Lipinski definition) is 0. The maximum atomic E-state index is 10.9. The summed E-state index contributed by atoms with van der Waals surface area (Å²) in [7, 11) is -5.23. The monoisotopic (exact) mass is 127 g/mol. The van der Waals surface area contributed by atoms with Gasteiger partial charge in [-0.2, -0.15) is 0 Å². The molecule has 0 aromatic rings. The molecule has 0 bridgehead atoms. The zero-order valence-electron chi connectivity index (χ0n) is 3.74. The molecule has 0 rings (SSSR count). The van der Waals surface area contributed by atoms with Crippen LogP contribution in [-0.2, 0) is 0 Å². The van der Waals surface area contributed by atoms with Gasteiger partial charge in [0.15, 0.2) is 0 Å². The van der Waals surface area contributed by atoms with Gasteiger partial charge in [-0.05, 0) is 0 Å². The van der Waals surface area contributed by atoms with Crippen LogP contribution in [-0.4, -0.2) is 13.8 Å². The molecule has 46 valence electrons. The first-order chi connectivity index (χ1) is 3.56. The van der Waals surface area contributed by atoms with Gasteiger partial charge in [0.05, 0.1) is 0 Å². The van der Waals surface area contributed by atoms with Gasteiger partial charge in [0.25, 0.3) is 0 Å². The van der Waals surface area contributed by atoms with Crippen LogP contribution in [0.15, 0.2) is 0 Å². The van der Waals surface area contributed by atoms with Gasteiger partial charge < -0.3 is 12.9 Å². The van der Waals surface area contributed by atoms with Crippen LogP contribution in [0.3, 0.4) is 0 Å². The molecule has 0 fully saturated rings. The van der Waals surface area contributed by atoms with Crippen molar-refractivity contribution in [3.8, 4) is 6.07 Å². The van der Waals surface area contributed by atoms with Gasteiger partial charge in [-0.25, -0.2) is 9.15 Å². The van der Waals surface area contributed by atoms with Gasteiger partial charge in [0.1, 0.15) is 0 Å². The van der Waals surface area contributed by atoms with E-state index >= 15 is 0 Å². The first-order valence-corrected chi connectivity index (χ1v) is 1.76. The highest BCUT2D eigenvalue weighted by Gasteiger charge is 2.42. The molecule has 0 aromatic heterocycles. The van der Waals surface area contributed by atoms with Crippen LogP contribution < -0.4 is 0 Å². The van der Waals surface area contributed by atoms with Crippen molar-refractivity contribution < 1.29 is 17.3 Å². The smallest absolute Gasteiger partial charge is 0.363 e. The number of alkyl halides is 1. The fourth-order valence-electron chi connectivity index (χ4n) is 0.138. The van der Waals surface area contributed by atoms with Crippen LogP contribution in [0.2, 0.25) is 0 Å². The van der Waals surface area contributed by atoms with Gasteiger partial charge in [-0.3, -0.25) is 0 Å². The lowest BCUT2D eigenvalue weighted by molar-refractivity contribution is 0.496. The quantitative estimate of drug-likeness (QED) is 0.344. The molecule has 0 aliphatic carbocycles. The van der Waals surface area contributed by atoms with Crippen LogP contribution in [0.5, 0.6) is 0 Å². The molecule has 0 unspecified atom stereocenters. The molecule has 8 heavy (non-hydrogen) atoms. The van der Waals surface area contributed by atoms with Gasteiger partial charge in [-0.15, -0.1) is 0 Å². The molecule has 1 nitrogen and oxygen atoms in total. The van der Waals surface area contributed by atoms with Crippen molar-refractivity contribution in [1.82, 2.24) is 0 Å². The Labute approximate surface area is 43.2 Å². The van der Waals surface area contributed by atoms with E-state index in [0.29, 0.717) is 0 Å². The lowest BCUT2D eigenvalue weighted by Gasteiger charge is -1.84. The minimum absolute atomic E-state index is 1.15. The van der Waals surface area contributed by atoms with Crippen LogP contribution in [0.4, 0.5) is 17.3 Å². The maximum absolute atomic E-state index is 10.9. The minimum Gasteiger partial charge on any atom is -0.363 e. The summed E-state index contributed by atoms with van der Waals surface area (Å²) in [6, 6.07) is 1.15. The van der Waals surface area contributed by atoms with Gasteiger partial charge in [0, 0.05) is 0 Å². The fourth-order valence-corrected chi connectivity index (χ4v) is 0.138. The highest BCUT2D eigenvalue weighted by Crippen LogP contribution is 2.08. The summed E-state index contributed by atoms with van der Waals surface area (Å²) in [5.74, 6) is 0. The summed E-state index contributed by atoms with van der Waals surface area (Å²) in [5.41, 5.74) is 0. The van der Waals surface area contributed by atoms with E-state index in [1.807, 2.05) is 4.76 Å². The molecule has 0 N–H and O–H groups in total. The predicted molar refractivity (Wildman–Crippen MR) is 22.3 cm³/mol. The molecule has 0 aromatic carbocycles. The van der Waals surface area contributed by atoms with Crippen molar-refractivity contribution >= 4 is 7.11 Å². The van der Waals surface area contributed by atoms with E-state index in [1.165, 1.54) is 0 Å². The van der Waals surface area contributed by atoms with Crippen LogP contribution in [0.25, 0.3) is 4.76 Å². The van der Waals surface area contributed by atoms with Crippen molar-refractivity contribution in [1.29, 1.82) is 0 Å². The molecule has 0 aliphatic heterocycles. The second-order valence-electron chi connectivity index (χ2n) is 0.961. The van der Waals surface area contributed by atoms with Crippen molar-refractivity contribution in [2.24, 2.45) is 0 Å². The van der Waals surface area contributed by atoms with Crippen LogP contribution >= 0.6 is 0 Å². The molecule has 6 heteroatoms. The molecule has 0 saturated heterocycles. The van der Waals surface area contributed by atoms with Crippen molar-refractivity contribution in [3.05, 3.63) is 4.76 Å². The van der Waals surface area contributed by atoms with E-state index in [9.17, 15) is 17.3 Å². The van der Waals surface area contributed by atoms with Crippen molar-refractivity contribution in [2.75, 3.05) is 6.67 Å². The molecular formula is C2H2BF4N. The molecule has 0 atom stereocenters. The standard InChI is InChI=1S/C2H2BF4N/c4-1-2-8-3(5,6)7/h1H2.